The van der Waals surface area contributed by atoms with E-state index >= 15 is 0 Å². The SMILES string of the molecule is Cc1ncc(-c2cc(CCC(=O)[C@@H]3C4CC(C4)N3S(=O)(=O)c3ccc(F)cc3)c(Br)cn2)cn1. The summed E-state index contributed by atoms with van der Waals surface area (Å²) in [5.41, 5.74) is 2.38. The molecule has 0 radical (unpaired) electrons. The standard InChI is InChI=1S/C24H22BrFN4O3S/c1-14-27-11-17(12-28-14)22-10-15(21(25)13-29-22)2-7-23(31)24-16-8-19(9-16)30(24)34(32,33)20-5-3-18(26)4-6-20/h3-6,10-13,16,19,24H,2,7-9H2,1H3/t16?,19?,24-/m0/s1. The number of ketones is 1. The van der Waals surface area contributed by atoms with Gasteiger partial charge < -0.3 is 0 Å². The van der Waals surface area contributed by atoms with Crippen molar-refractivity contribution in [2.24, 2.45) is 5.92 Å². The van der Waals surface area contributed by atoms with Crippen LogP contribution in [0.4, 0.5) is 4.39 Å². The van der Waals surface area contributed by atoms with Gasteiger partial charge in [0.1, 0.15) is 11.6 Å². The molecule has 0 unspecified atom stereocenters. The van der Waals surface area contributed by atoms with E-state index in [1.165, 1.54) is 16.4 Å². The van der Waals surface area contributed by atoms with Crippen molar-refractivity contribution in [1.82, 2.24) is 19.3 Å². The Morgan fingerprint density at radius 2 is 1.79 bits per heavy atom. The van der Waals surface area contributed by atoms with E-state index in [1.807, 2.05) is 13.0 Å². The molecule has 176 valence electrons. The number of benzene rings is 1. The van der Waals surface area contributed by atoms with Crippen LogP contribution in [0.5, 0.6) is 0 Å². The molecule has 10 heteroatoms. The van der Waals surface area contributed by atoms with Gasteiger partial charge in [-0.1, -0.05) is 0 Å². The third kappa shape index (κ3) is 4.18. The minimum absolute atomic E-state index is 0.0149. The van der Waals surface area contributed by atoms with Crippen molar-refractivity contribution >= 4 is 31.7 Å². The van der Waals surface area contributed by atoms with Gasteiger partial charge in [-0.2, -0.15) is 4.31 Å². The van der Waals surface area contributed by atoms with E-state index in [9.17, 15) is 17.6 Å². The molecule has 3 fully saturated rings. The average molecular weight is 545 g/mol. The first-order valence-electron chi connectivity index (χ1n) is 11.0. The van der Waals surface area contributed by atoms with Gasteiger partial charge in [0.25, 0.3) is 0 Å². The summed E-state index contributed by atoms with van der Waals surface area (Å²) in [6, 6.07) is 5.82. The van der Waals surface area contributed by atoms with E-state index in [1.54, 1.807) is 18.6 Å². The van der Waals surface area contributed by atoms with E-state index in [4.69, 9.17) is 0 Å². The van der Waals surface area contributed by atoms with Crippen molar-refractivity contribution < 1.29 is 17.6 Å². The zero-order valence-electron chi connectivity index (χ0n) is 18.4. The molecule has 1 aromatic carbocycles. The third-order valence-corrected chi connectivity index (χ3v) is 9.26. The Kier molecular flexibility index (Phi) is 6.07. The van der Waals surface area contributed by atoms with Gasteiger partial charge in [-0.05, 0) is 83.9 Å². The number of nitrogens with zero attached hydrogens (tertiary/aromatic N) is 4. The molecule has 2 bridgehead atoms. The Bertz CT molecular complexity index is 1340. The lowest BCUT2D eigenvalue weighted by Gasteiger charge is -2.25. The second kappa shape index (κ2) is 8.90. The van der Waals surface area contributed by atoms with Crippen molar-refractivity contribution in [2.75, 3.05) is 0 Å². The molecule has 2 saturated heterocycles. The molecule has 1 atom stereocenters. The Morgan fingerprint density at radius 3 is 2.47 bits per heavy atom. The van der Waals surface area contributed by atoms with Crippen LogP contribution in [-0.4, -0.2) is 45.5 Å². The van der Waals surface area contributed by atoms with Crippen molar-refractivity contribution in [1.29, 1.82) is 0 Å². The molecule has 1 aliphatic carbocycles. The van der Waals surface area contributed by atoms with Crippen LogP contribution in [0, 0.1) is 18.7 Å². The predicted molar refractivity (Wildman–Crippen MR) is 127 cm³/mol. The number of rotatable bonds is 7. The van der Waals surface area contributed by atoms with Gasteiger partial charge in [0.2, 0.25) is 10.0 Å². The molecule has 7 nitrogen and oxygen atoms in total. The molecule has 34 heavy (non-hydrogen) atoms. The maximum atomic E-state index is 13.3. The average Bonchev–Trinajstić information content (AvgIpc) is 3.37. The number of aromatic nitrogens is 3. The van der Waals surface area contributed by atoms with Crippen LogP contribution in [-0.2, 0) is 21.2 Å². The van der Waals surface area contributed by atoms with Crippen molar-refractivity contribution in [3.8, 4) is 11.3 Å². The zero-order chi connectivity index (χ0) is 24.0. The fourth-order valence-corrected chi connectivity index (χ4v) is 7.06. The predicted octanol–water partition coefficient (Wildman–Crippen LogP) is 4.10. The Balaban J connectivity index is 1.34. The Morgan fingerprint density at radius 1 is 1.12 bits per heavy atom. The number of aryl methyl sites for hydroxylation is 2. The highest BCUT2D eigenvalue weighted by molar-refractivity contribution is 9.10. The molecular weight excluding hydrogens is 523 g/mol. The van der Waals surface area contributed by atoms with Crippen molar-refractivity contribution in [3.63, 3.8) is 0 Å². The number of halogens is 2. The largest absolute Gasteiger partial charge is 0.298 e. The highest BCUT2D eigenvalue weighted by atomic mass is 79.9. The molecule has 2 aromatic heterocycles. The molecule has 6 rings (SSSR count). The number of Topliss-reactive ketones (excluding diaryl/α,β-unsaturated/α-hetero) is 1. The first kappa shape index (κ1) is 23.2. The van der Waals surface area contributed by atoms with Gasteiger partial charge in [-0.15, -0.1) is 0 Å². The number of hydrogen-bond donors (Lipinski definition) is 0. The molecule has 1 saturated carbocycles. The molecule has 0 spiro atoms. The monoisotopic (exact) mass is 544 g/mol. The first-order chi connectivity index (χ1) is 16.2. The number of pyridine rings is 1. The van der Waals surface area contributed by atoms with Crippen LogP contribution in [0.25, 0.3) is 11.3 Å². The highest BCUT2D eigenvalue weighted by Gasteiger charge is 2.57. The lowest BCUT2D eigenvalue weighted by Crippen LogP contribution is -2.41. The van der Waals surface area contributed by atoms with Crippen LogP contribution >= 0.6 is 15.9 Å². The van der Waals surface area contributed by atoms with E-state index in [2.05, 4.69) is 30.9 Å². The number of carbonyl (C=O) groups excluding carboxylic acids is 1. The maximum Gasteiger partial charge on any atom is 0.243 e. The van der Waals surface area contributed by atoms with E-state index < -0.39 is 21.9 Å². The Hall–Kier alpha value is -2.56. The van der Waals surface area contributed by atoms with Crippen LogP contribution in [0.1, 0.15) is 30.7 Å². The van der Waals surface area contributed by atoms with Crippen molar-refractivity contribution in [3.05, 3.63) is 70.6 Å². The van der Waals surface area contributed by atoms with E-state index in [-0.39, 0.29) is 29.1 Å². The van der Waals surface area contributed by atoms with Crippen molar-refractivity contribution in [2.45, 2.75) is 49.6 Å². The van der Waals surface area contributed by atoms with Crippen LogP contribution < -0.4 is 0 Å². The summed E-state index contributed by atoms with van der Waals surface area (Å²) in [7, 11) is -3.88. The summed E-state index contributed by atoms with van der Waals surface area (Å²) >= 11 is 3.51. The maximum absolute atomic E-state index is 13.3. The van der Waals surface area contributed by atoms with Gasteiger partial charge in [-0.25, -0.2) is 22.8 Å². The molecule has 3 aromatic rings. The Labute approximate surface area is 205 Å². The minimum atomic E-state index is -3.88. The lowest BCUT2D eigenvalue weighted by molar-refractivity contribution is -0.122. The second-order valence-corrected chi connectivity index (χ2v) is 11.5. The quantitative estimate of drug-likeness (QED) is 0.444. The summed E-state index contributed by atoms with van der Waals surface area (Å²) < 4.78 is 42.0. The number of carbonyl (C=O) groups is 1. The van der Waals surface area contributed by atoms with Gasteiger partial charge in [0, 0.05) is 41.1 Å². The molecule has 3 aliphatic rings. The molecular formula is C24H22BrFN4O3S. The molecule has 0 N–H and O–H groups in total. The highest BCUT2D eigenvalue weighted by Crippen LogP contribution is 2.49. The summed E-state index contributed by atoms with van der Waals surface area (Å²) in [5.74, 6) is 0.104. The minimum Gasteiger partial charge on any atom is -0.298 e. The second-order valence-electron chi connectivity index (χ2n) is 8.77. The zero-order valence-corrected chi connectivity index (χ0v) is 20.8. The fourth-order valence-electron chi connectivity index (χ4n) is 4.77. The van der Waals surface area contributed by atoms with Crippen LogP contribution in [0.15, 0.2) is 58.3 Å². The summed E-state index contributed by atoms with van der Waals surface area (Å²) in [5, 5.41) is 0. The first-order valence-corrected chi connectivity index (χ1v) is 13.2. The van der Waals surface area contributed by atoms with Gasteiger partial charge in [-0.3, -0.25) is 9.78 Å². The van der Waals surface area contributed by atoms with E-state index in [0.29, 0.717) is 30.8 Å². The lowest BCUT2D eigenvalue weighted by atomic mass is 9.81. The fraction of sp³-hybridized carbons (Fsp3) is 0.333. The normalized spacial score (nSPS) is 21.9. The summed E-state index contributed by atoms with van der Waals surface area (Å²) in [6.07, 6.45) is 7.12. The molecule has 0 amide bonds. The van der Waals surface area contributed by atoms with Gasteiger partial charge in [0.05, 0.1) is 16.6 Å². The topological polar surface area (TPSA) is 93.1 Å². The summed E-state index contributed by atoms with van der Waals surface area (Å²) in [4.78, 5) is 26.1. The van der Waals surface area contributed by atoms with Crippen LogP contribution in [0.3, 0.4) is 0 Å². The van der Waals surface area contributed by atoms with Gasteiger partial charge in [0.15, 0.2) is 5.78 Å². The third-order valence-electron chi connectivity index (χ3n) is 6.60. The molecule has 2 aliphatic heterocycles. The van der Waals surface area contributed by atoms with Gasteiger partial charge >= 0.3 is 0 Å². The van der Waals surface area contributed by atoms with Crippen LogP contribution in [0.2, 0.25) is 0 Å². The molecule has 4 heterocycles. The number of sulfonamides is 1. The smallest absolute Gasteiger partial charge is 0.243 e. The number of hydrogen-bond acceptors (Lipinski definition) is 6. The number of fused-ring (bicyclic) bond motifs is 1. The summed E-state index contributed by atoms with van der Waals surface area (Å²) in [6.45, 7) is 1.81. The van der Waals surface area contributed by atoms with E-state index in [0.717, 1.165) is 27.7 Å².